The van der Waals surface area contributed by atoms with Crippen molar-refractivity contribution in [2.24, 2.45) is 0 Å². The van der Waals surface area contributed by atoms with E-state index in [4.69, 9.17) is 0 Å². The van der Waals surface area contributed by atoms with E-state index in [9.17, 15) is 10.2 Å². The topological polar surface area (TPSA) is 40.5 Å². The van der Waals surface area contributed by atoms with Gasteiger partial charge in [-0.05, 0) is 11.4 Å². The van der Waals surface area contributed by atoms with Crippen molar-refractivity contribution in [2.75, 3.05) is 0 Å². The quantitative estimate of drug-likeness (QED) is 0.757. The average molecular weight is 218 g/mol. The summed E-state index contributed by atoms with van der Waals surface area (Å²) in [5, 5.41) is 21.0. The number of benzene rings is 1. The van der Waals surface area contributed by atoms with Crippen LogP contribution in [0.2, 0.25) is 0 Å². The van der Waals surface area contributed by atoms with E-state index in [-0.39, 0.29) is 11.5 Å². The van der Waals surface area contributed by atoms with Gasteiger partial charge < -0.3 is 10.2 Å². The molecule has 0 radical (unpaired) electrons. The molecule has 2 aromatic rings. The molecular weight excluding hydrogens is 208 g/mol. The summed E-state index contributed by atoms with van der Waals surface area (Å²) in [5.74, 6) is 0.357. The lowest BCUT2D eigenvalue weighted by Crippen LogP contribution is -1.80. The minimum atomic E-state index is 0.161. The van der Waals surface area contributed by atoms with Crippen molar-refractivity contribution in [1.82, 2.24) is 0 Å². The summed E-state index contributed by atoms with van der Waals surface area (Å²) in [5.41, 5.74) is 0.741. The third-order valence-corrected chi connectivity index (χ3v) is 2.86. The van der Waals surface area contributed by atoms with Gasteiger partial charge >= 0.3 is 0 Å². The summed E-state index contributed by atoms with van der Waals surface area (Å²) in [6.07, 6.45) is 1.56. The maximum atomic E-state index is 9.77. The Kier molecular flexibility index (Phi) is 2.74. The monoisotopic (exact) mass is 218 g/mol. The highest BCUT2D eigenvalue weighted by molar-refractivity contribution is 7.11. The van der Waals surface area contributed by atoms with E-state index in [1.54, 1.807) is 17.5 Å². The minimum absolute atomic E-state index is 0.161. The van der Waals surface area contributed by atoms with E-state index >= 15 is 0 Å². The van der Waals surface area contributed by atoms with Crippen LogP contribution in [0.5, 0.6) is 5.75 Å². The summed E-state index contributed by atoms with van der Waals surface area (Å²) in [6.45, 7) is 0. The van der Waals surface area contributed by atoms with Crippen LogP contribution in [0.25, 0.3) is 11.8 Å². The molecule has 1 aromatic carbocycles. The third kappa shape index (κ3) is 2.19. The van der Waals surface area contributed by atoms with Gasteiger partial charge in [0.2, 0.25) is 0 Å². The molecule has 2 rings (SSSR count). The Hall–Kier alpha value is -1.74. The van der Waals surface area contributed by atoms with Crippen molar-refractivity contribution < 1.29 is 10.2 Å². The van der Waals surface area contributed by atoms with Crippen LogP contribution in [-0.2, 0) is 0 Å². The summed E-state index contributed by atoms with van der Waals surface area (Å²) in [7, 11) is 0. The van der Waals surface area contributed by atoms with Crippen molar-refractivity contribution in [3.63, 3.8) is 0 Å². The van der Waals surface area contributed by atoms with Crippen molar-refractivity contribution in [2.45, 2.75) is 0 Å². The Morgan fingerprint density at radius 3 is 2.47 bits per heavy atom. The van der Waals surface area contributed by atoms with E-state index in [0.29, 0.717) is 4.88 Å². The largest absolute Gasteiger partial charge is 0.507 e. The highest BCUT2D eigenvalue weighted by Crippen LogP contribution is 2.27. The molecule has 0 saturated carbocycles. The molecule has 0 bridgehead atoms. The van der Waals surface area contributed by atoms with Gasteiger partial charge in [-0.1, -0.05) is 30.3 Å². The number of thiophene rings is 1. The second-order valence-electron chi connectivity index (χ2n) is 3.07. The fourth-order valence-corrected chi connectivity index (χ4v) is 1.95. The van der Waals surface area contributed by atoms with E-state index in [2.05, 4.69) is 0 Å². The Bertz CT molecular complexity index is 471. The minimum Gasteiger partial charge on any atom is -0.507 e. The molecule has 0 aliphatic carbocycles. The molecule has 0 amide bonds. The fraction of sp³-hybridized carbons (Fsp3) is 0. The fourth-order valence-electron chi connectivity index (χ4n) is 1.24. The van der Waals surface area contributed by atoms with E-state index in [0.717, 1.165) is 5.56 Å². The van der Waals surface area contributed by atoms with Gasteiger partial charge in [0.15, 0.2) is 0 Å². The normalized spacial score (nSPS) is 11.6. The number of aliphatic hydroxyl groups is 1. The standard InChI is InChI=1S/C12H10O2S/c13-10-6-7-15-12(10)8-11(14)9-4-2-1-3-5-9/h1-8,13-14H/b11-8-. The van der Waals surface area contributed by atoms with E-state index < -0.39 is 0 Å². The van der Waals surface area contributed by atoms with Crippen LogP contribution in [0, 0.1) is 0 Å². The van der Waals surface area contributed by atoms with Crippen molar-refractivity contribution in [3.8, 4) is 5.75 Å². The lowest BCUT2D eigenvalue weighted by atomic mass is 10.2. The first-order valence-corrected chi connectivity index (χ1v) is 5.38. The maximum Gasteiger partial charge on any atom is 0.133 e. The molecule has 15 heavy (non-hydrogen) atoms. The SMILES string of the molecule is O/C(=C\c1sccc1O)c1ccccc1. The van der Waals surface area contributed by atoms with Gasteiger partial charge in [-0.2, -0.15) is 0 Å². The zero-order valence-corrected chi connectivity index (χ0v) is 8.74. The second-order valence-corrected chi connectivity index (χ2v) is 4.01. The lowest BCUT2D eigenvalue weighted by molar-refractivity contribution is 0.476. The van der Waals surface area contributed by atoms with Crippen molar-refractivity contribution >= 4 is 23.2 Å². The molecule has 0 spiro atoms. The molecule has 0 atom stereocenters. The van der Waals surface area contributed by atoms with Gasteiger partial charge in [0.05, 0.1) is 4.88 Å². The summed E-state index contributed by atoms with van der Waals surface area (Å²) in [6, 6.07) is 10.8. The van der Waals surface area contributed by atoms with Crippen LogP contribution in [0.15, 0.2) is 41.8 Å². The van der Waals surface area contributed by atoms with Crippen LogP contribution in [0.3, 0.4) is 0 Å². The summed E-state index contributed by atoms with van der Waals surface area (Å²) in [4.78, 5) is 0.663. The number of rotatable bonds is 2. The second kappa shape index (κ2) is 4.19. The first kappa shape index (κ1) is 9.80. The Labute approximate surface area is 91.8 Å². The molecule has 0 aliphatic rings. The predicted octanol–water partition coefficient (Wildman–Crippen LogP) is 3.51. The zero-order chi connectivity index (χ0) is 10.7. The molecule has 2 nitrogen and oxygen atoms in total. The molecule has 2 N–H and O–H groups in total. The number of hydrogen-bond donors (Lipinski definition) is 2. The molecular formula is C12H10O2S. The summed E-state index contributed by atoms with van der Waals surface area (Å²) >= 11 is 1.39. The zero-order valence-electron chi connectivity index (χ0n) is 7.92. The Morgan fingerprint density at radius 1 is 1.13 bits per heavy atom. The molecule has 3 heteroatoms. The average Bonchev–Trinajstić information content (AvgIpc) is 2.66. The first-order chi connectivity index (χ1) is 7.27. The van der Waals surface area contributed by atoms with E-state index in [1.165, 1.54) is 11.3 Å². The van der Waals surface area contributed by atoms with Crippen molar-refractivity contribution in [3.05, 3.63) is 52.2 Å². The van der Waals surface area contributed by atoms with Crippen LogP contribution < -0.4 is 0 Å². The molecule has 0 saturated heterocycles. The number of hydrogen-bond acceptors (Lipinski definition) is 3. The number of aromatic hydroxyl groups is 1. The highest BCUT2D eigenvalue weighted by Gasteiger charge is 2.02. The smallest absolute Gasteiger partial charge is 0.133 e. The highest BCUT2D eigenvalue weighted by atomic mass is 32.1. The van der Waals surface area contributed by atoms with Crippen molar-refractivity contribution in [1.29, 1.82) is 0 Å². The molecule has 1 heterocycles. The first-order valence-electron chi connectivity index (χ1n) is 4.50. The summed E-state index contributed by atoms with van der Waals surface area (Å²) < 4.78 is 0. The van der Waals surface area contributed by atoms with Gasteiger partial charge in [-0.15, -0.1) is 11.3 Å². The molecule has 0 fully saturated rings. The number of aliphatic hydroxyl groups excluding tert-OH is 1. The van der Waals surface area contributed by atoms with Gasteiger partial charge in [-0.25, -0.2) is 0 Å². The molecule has 76 valence electrons. The molecule has 0 aliphatic heterocycles. The lowest BCUT2D eigenvalue weighted by Gasteiger charge is -1.98. The van der Waals surface area contributed by atoms with Gasteiger partial charge in [-0.3, -0.25) is 0 Å². The van der Waals surface area contributed by atoms with Crippen LogP contribution in [0.1, 0.15) is 10.4 Å². The Morgan fingerprint density at radius 2 is 1.87 bits per heavy atom. The van der Waals surface area contributed by atoms with Gasteiger partial charge in [0, 0.05) is 11.6 Å². The van der Waals surface area contributed by atoms with E-state index in [1.807, 2.05) is 30.3 Å². The molecule has 1 aromatic heterocycles. The van der Waals surface area contributed by atoms with Crippen LogP contribution in [-0.4, -0.2) is 10.2 Å². The Balaban J connectivity index is 2.33. The van der Waals surface area contributed by atoms with Crippen LogP contribution in [0.4, 0.5) is 0 Å². The van der Waals surface area contributed by atoms with Gasteiger partial charge in [0.1, 0.15) is 11.5 Å². The molecule has 0 unspecified atom stereocenters. The van der Waals surface area contributed by atoms with Crippen LogP contribution >= 0.6 is 11.3 Å². The predicted molar refractivity (Wildman–Crippen MR) is 62.9 cm³/mol. The maximum absolute atomic E-state index is 9.77. The third-order valence-electron chi connectivity index (χ3n) is 2.01. The van der Waals surface area contributed by atoms with Gasteiger partial charge in [0.25, 0.3) is 0 Å².